The first kappa shape index (κ1) is 18.3. The summed E-state index contributed by atoms with van der Waals surface area (Å²) in [4.78, 5) is 3.60. The molecule has 0 aliphatic carbocycles. The van der Waals surface area contributed by atoms with Gasteiger partial charge in [0.05, 0.1) is 18.1 Å². The van der Waals surface area contributed by atoms with Crippen LogP contribution in [0.3, 0.4) is 0 Å². The van der Waals surface area contributed by atoms with E-state index < -0.39 is 10.0 Å². The van der Waals surface area contributed by atoms with Crippen LogP contribution in [0.1, 0.15) is 5.56 Å². The van der Waals surface area contributed by atoms with Gasteiger partial charge in [-0.25, -0.2) is 13.1 Å². The molecule has 1 fully saturated rings. The Bertz CT molecular complexity index is 784. The Hall–Kier alpha value is -1.54. The first-order valence-electron chi connectivity index (χ1n) is 8.14. The van der Waals surface area contributed by atoms with E-state index in [1.54, 1.807) is 23.9 Å². The fourth-order valence-corrected chi connectivity index (χ4v) is 4.09. The zero-order chi connectivity index (χ0) is 17.7. The number of ether oxygens (including phenoxy) is 1. The van der Waals surface area contributed by atoms with Gasteiger partial charge in [0.1, 0.15) is 0 Å². The van der Waals surface area contributed by atoms with Gasteiger partial charge in [0.25, 0.3) is 0 Å². The third kappa shape index (κ3) is 4.76. The molecule has 0 saturated carbocycles. The fourth-order valence-electron chi connectivity index (χ4n) is 2.66. The van der Waals surface area contributed by atoms with Crippen LogP contribution in [-0.2, 0) is 21.3 Å². The summed E-state index contributed by atoms with van der Waals surface area (Å²) < 4.78 is 32.8. The van der Waals surface area contributed by atoms with Gasteiger partial charge in [-0.15, -0.1) is 11.8 Å². The van der Waals surface area contributed by atoms with Gasteiger partial charge in [-0.05, 0) is 48.2 Å². The Morgan fingerprint density at radius 3 is 2.28 bits per heavy atom. The zero-order valence-corrected chi connectivity index (χ0v) is 15.8. The van der Waals surface area contributed by atoms with E-state index in [2.05, 4.69) is 9.62 Å². The minimum atomic E-state index is -3.50. The van der Waals surface area contributed by atoms with E-state index in [1.807, 2.05) is 42.7 Å². The van der Waals surface area contributed by atoms with E-state index in [-0.39, 0.29) is 11.4 Å². The summed E-state index contributed by atoms with van der Waals surface area (Å²) in [5, 5.41) is 0. The Kier molecular flexibility index (Phi) is 6.01. The topological polar surface area (TPSA) is 58.6 Å². The predicted molar refractivity (Wildman–Crippen MR) is 102 cm³/mol. The molecule has 1 saturated heterocycles. The molecule has 1 aliphatic rings. The highest BCUT2D eigenvalue weighted by Gasteiger charge is 2.14. The lowest BCUT2D eigenvalue weighted by molar-refractivity contribution is 0.122. The summed E-state index contributed by atoms with van der Waals surface area (Å²) in [5.74, 6) is 0. The molecule has 0 bridgehead atoms. The second kappa shape index (κ2) is 8.23. The lowest BCUT2D eigenvalue weighted by Gasteiger charge is -2.28. The molecule has 0 amide bonds. The lowest BCUT2D eigenvalue weighted by atomic mass is 10.2. The third-order valence-corrected chi connectivity index (χ3v) is 6.31. The van der Waals surface area contributed by atoms with Crippen LogP contribution >= 0.6 is 11.8 Å². The Balaban J connectivity index is 1.61. The van der Waals surface area contributed by atoms with Crippen LogP contribution in [0.2, 0.25) is 0 Å². The second-order valence-electron chi connectivity index (χ2n) is 5.77. The molecule has 25 heavy (non-hydrogen) atoms. The molecule has 0 unspecified atom stereocenters. The molecule has 7 heteroatoms. The Morgan fingerprint density at radius 2 is 1.68 bits per heavy atom. The number of benzene rings is 2. The van der Waals surface area contributed by atoms with Gasteiger partial charge in [0, 0.05) is 30.2 Å². The number of nitrogens with one attached hydrogen (secondary N) is 1. The molecule has 0 radical (unpaired) electrons. The SMILES string of the molecule is CSc1ccc(S(=O)(=O)NCc2ccc(N3CCOCC3)cc2)cc1. The molecule has 2 aromatic carbocycles. The number of nitrogens with zero attached hydrogens (tertiary/aromatic N) is 1. The van der Waals surface area contributed by atoms with E-state index in [9.17, 15) is 8.42 Å². The van der Waals surface area contributed by atoms with Crippen molar-refractivity contribution in [3.63, 3.8) is 0 Å². The van der Waals surface area contributed by atoms with E-state index in [0.29, 0.717) is 0 Å². The third-order valence-electron chi connectivity index (χ3n) is 4.15. The van der Waals surface area contributed by atoms with Gasteiger partial charge in [0.2, 0.25) is 10.0 Å². The van der Waals surface area contributed by atoms with Crippen LogP contribution < -0.4 is 9.62 Å². The van der Waals surface area contributed by atoms with Gasteiger partial charge in [-0.1, -0.05) is 12.1 Å². The summed E-state index contributed by atoms with van der Waals surface area (Å²) in [6.07, 6.45) is 1.96. The maximum Gasteiger partial charge on any atom is 0.240 e. The molecule has 5 nitrogen and oxygen atoms in total. The van der Waals surface area contributed by atoms with Crippen molar-refractivity contribution in [2.45, 2.75) is 16.3 Å². The van der Waals surface area contributed by atoms with Crippen LogP contribution in [0.25, 0.3) is 0 Å². The number of hydrogen-bond donors (Lipinski definition) is 1. The van der Waals surface area contributed by atoms with Crippen molar-refractivity contribution in [2.24, 2.45) is 0 Å². The number of rotatable bonds is 6. The zero-order valence-electron chi connectivity index (χ0n) is 14.1. The van der Waals surface area contributed by atoms with E-state index in [1.165, 1.54) is 0 Å². The summed E-state index contributed by atoms with van der Waals surface area (Å²) in [6, 6.07) is 14.9. The van der Waals surface area contributed by atoms with Gasteiger partial charge in [-0.2, -0.15) is 0 Å². The van der Waals surface area contributed by atoms with Gasteiger partial charge < -0.3 is 9.64 Å². The summed E-state index contributed by atoms with van der Waals surface area (Å²) in [6.45, 7) is 3.54. The fraction of sp³-hybridized carbons (Fsp3) is 0.333. The van der Waals surface area contributed by atoms with Crippen molar-refractivity contribution >= 4 is 27.5 Å². The first-order valence-corrected chi connectivity index (χ1v) is 10.8. The molecule has 0 atom stereocenters. The van der Waals surface area contributed by atoms with Crippen molar-refractivity contribution in [1.82, 2.24) is 4.72 Å². The molecule has 1 N–H and O–H groups in total. The summed E-state index contributed by atoms with van der Waals surface area (Å²) in [5.41, 5.74) is 2.07. The van der Waals surface area contributed by atoms with Crippen LogP contribution in [0, 0.1) is 0 Å². The van der Waals surface area contributed by atoms with Gasteiger partial charge in [-0.3, -0.25) is 0 Å². The molecule has 3 rings (SSSR count). The summed E-state index contributed by atoms with van der Waals surface area (Å²) >= 11 is 1.58. The number of sulfonamides is 1. The molecule has 2 aromatic rings. The average Bonchev–Trinajstić information content (AvgIpc) is 2.67. The molecular formula is C18H22N2O3S2. The van der Waals surface area contributed by atoms with Crippen molar-refractivity contribution in [1.29, 1.82) is 0 Å². The average molecular weight is 379 g/mol. The molecule has 134 valence electrons. The lowest BCUT2D eigenvalue weighted by Crippen LogP contribution is -2.36. The van der Waals surface area contributed by atoms with Crippen LogP contribution in [-0.4, -0.2) is 41.0 Å². The number of anilines is 1. The number of hydrogen-bond acceptors (Lipinski definition) is 5. The quantitative estimate of drug-likeness (QED) is 0.784. The number of thioether (sulfide) groups is 1. The maximum atomic E-state index is 12.4. The second-order valence-corrected chi connectivity index (χ2v) is 8.41. The van der Waals surface area contributed by atoms with E-state index >= 15 is 0 Å². The Labute approximate surface area is 153 Å². The highest BCUT2D eigenvalue weighted by Crippen LogP contribution is 2.19. The summed E-state index contributed by atoms with van der Waals surface area (Å²) in [7, 11) is -3.50. The first-order chi connectivity index (χ1) is 12.1. The molecule has 0 aromatic heterocycles. The van der Waals surface area contributed by atoms with Crippen LogP contribution in [0.5, 0.6) is 0 Å². The predicted octanol–water partition coefficient (Wildman–Crippen LogP) is 2.72. The highest BCUT2D eigenvalue weighted by atomic mass is 32.2. The molecule has 1 heterocycles. The van der Waals surface area contributed by atoms with E-state index in [0.717, 1.165) is 42.4 Å². The minimum absolute atomic E-state index is 0.274. The molecular weight excluding hydrogens is 356 g/mol. The molecule has 1 aliphatic heterocycles. The van der Waals surface area contributed by atoms with Crippen molar-refractivity contribution < 1.29 is 13.2 Å². The standard InChI is InChI=1S/C18H22N2O3S2/c1-24-17-6-8-18(9-7-17)25(21,22)19-14-15-2-4-16(5-3-15)20-10-12-23-13-11-20/h2-9,19H,10-14H2,1H3. The maximum absolute atomic E-state index is 12.4. The largest absolute Gasteiger partial charge is 0.378 e. The van der Waals surface area contributed by atoms with Crippen molar-refractivity contribution in [3.8, 4) is 0 Å². The smallest absolute Gasteiger partial charge is 0.240 e. The van der Waals surface area contributed by atoms with E-state index in [4.69, 9.17) is 4.74 Å². The molecule has 0 spiro atoms. The monoisotopic (exact) mass is 378 g/mol. The van der Waals surface area contributed by atoms with Gasteiger partial charge >= 0.3 is 0 Å². The van der Waals surface area contributed by atoms with Crippen LogP contribution in [0.15, 0.2) is 58.3 Å². The Morgan fingerprint density at radius 1 is 1.04 bits per heavy atom. The minimum Gasteiger partial charge on any atom is -0.378 e. The number of morpholine rings is 1. The van der Waals surface area contributed by atoms with Crippen molar-refractivity contribution in [3.05, 3.63) is 54.1 Å². The normalized spacial score (nSPS) is 15.3. The van der Waals surface area contributed by atoms with Crippen LogP contribution in [0.4, 0.5) is 5.69 Å². The van der Waals surface area contributed by atoms with Crippen molar-refractivity contribution in [2.75, 3.05) is 37.5 Å². The van der Waals surface area contributed by atoms with Gasteiger partial charge in [0.15, 0.2) is 0 Å². The highest BCUT2D eigenvalue weighted by molar-refractivity contribution is 7.98.